The minimum Gasteiger partial charge on any atom is -0.342 e. The molecule has 148 valence electrons. The minimum atomic E-state index is -0.180. The second kappa shape index (κ2) is 11.4. The number of nitrogens with zero attached hydrogens (tertiary/aromatic N) is 1. The summed E-state index contributed by atoms with van der Waals surface area (Å²) < 4.78 is 0. The molecule has 26 heavy (non-hydrogen) atoms. The van der Waals surface area contributed by atoms with Crippen LogP contribution in [0.25, 0.3) is 0 Å². The first-order valence-electron chi connectivity index (χ1n) is 8.72. The maximum Gasteiger partial charge on any atom is 0.255 e. The van der Waals surface area contributed by atoms with Gasteiger partial charge >= 0.3 is 0 Å². The van der Waals surface area contributed by atoms with Gasteiger partial charge in [0.05, 0.1) is 10.6 Å². The van der Waals surface area contributed by atoms with Gasteiger partial charge in [-0.15, -0.1) is 12.4 Å². The van der Waals surface area contributed by atoms with Crippen LogP contribution < -0.4 is 11.1 Å². The van der Waals surface area contributed by atoms with Crippen LogP contribution in [0.5, 0.6) is 0 Å². The molecule has 1 atom stereocenters. The smallest absolute Gasteiger partial charge is 0.255 e. The lowest BCUT2D eigenvalue weighted by Gasteiger charge is -2.22. The van der Waals surface area contributed by atoms with E-state index in [1.807, 2.05) is 13.8 Å². The summed E-state index contributed by atoms with van der Waals surface area (Å²) in [6, 6.07) is 5.01. The number of amides is 2. The highest BCUT2D eigenvalue weighted by atomic mass is 35.5. The summed E-state index contributed by atoms with van der Waals surface area (Å²) in [5.74, 6) is 0.379. The molecule has 0 fully saturated rings. The summed E-state index contributed by atoms with van der Waals surface area (Å²) in [4.78, 5) is 26.2. The van der Waals surface area contributed by atoms with Gasteiger partial charge in [-0.1, -0.05) is 39.3 Å². The summed E-state index contributed by atoms with van der Waals surface area (Å²) in [7, 11) is 1.73. The number of hydrogen-bond acceptors (Lipinski definition) is 3. The van der Waals surface area contributed by atoms with Crippen LogP contribution in [0, 0.1) is 11.8 Å². The number of anilines is 1. The maximum atomic E-state index is 12.7. The van der Waals surface area contributed by atoms with E-state index < -0.39 is 0 Å². The fraction of sp³-hybridized carbons (Fsp3) is 0.579. The molecule has 7 heteroatoms. The summed E-state index contributed by atoms with van der Waals surface area (Å²) in [5, 5.41) is 3.18. The molecule has 1 aromatic carbocycles. The normalized spacial score (nSPS) is 11.9. The van der Waals surface area contributed by atoms with Crippen LogP contribution in [0.1, 0.15) is 50.9 Å². The van der Waals surface area contributed by atoms with E-state index in [1.165, 1.54) is 0 Å². The monoisotopic (exact) mass is 403 g/mol. The van der Waals surface area contributed by atoms with Crippen LogP contribution in [0.4, 0.5) is 5.69 Å². The third kappa shape index (κ3) is 7.94. The van der Waals surface area contributed by atoms with Crippen molar-refractivity contribution in [3.8, 4) is 0 Å². The van der Waals surface area contributed by atoms with Gasteiger partial charge < -0.3 is 16.0 Å². The van der Waals surface area contributed by atoms with Crippen molar-refractivity contribution in [1.29, 1.82) is 0 Å². The van der Waals surface area contributed by atoms with Crippen molar-refractivity contribution in [3.05, 3.63) is 28.8 Å². The predicted molar refractivity (Wildman–Crippen MR) is 111 cm³/mol. The van der Waals surface area contributed by atoms with E-state index in [-0.39, 0.29) is 36.2 Å². The van der Waals surface area contributed by atoms with Crippen molar-refractivity contribution in [2.24, 2.45) is 17.6 Å². The molecule has 1 rings (SSSR count). The van der Waals surface area contributed by atoms with Gasteiger partial charge in [0.2, 0.25) is 5.91 Å². The fourth-order valence-corrected chi connectivity index (χ4v) is 2.53. The zero-order valence-corrected chi connectivity index (χ0v) is 17.8. The molecule has 0 bridgehead atoms. The topological polar surface area (TPSA) is 75.4 Å². The van der Waals surface area contributed by atoms with Gasteiger partial charge in [-0.3, -0.25) is 9.59 Å². The van der Waals surface area contributed by atoms with Gasteiger partial charge in [-0.2, -0.15) is 0 Å². The molecule has 0 radical (unpaired) electrons. The van der Waals surface area contributed by atoms with Crippen molar-refractivity contribution >= 4 is 41.5 Å². The molecule has 0 aliphatic rings. The number of benzene rings is 1. The average Bonchev–Trinajstić information content (AvgIpc) is 2.52. The molecule has 0 spiro atoms. The summed E-state index contributed by atoms with van der Waals surface area (Å²) in [6.07, 6.45) is 1.15. The second-order valence-electron chi connectivity index (χ2n) is 7.26. The molecule has 0 saturated heterocycles. The average molecular weight is 404 g/mol. The van der Waals surface area contributed by atoms with Crippen LogP contribution in [-0.2, 0) is 4.79 Å². The Bertz CT molecular complexity index is 606. The molecule has 0 aliphatic heterocycles. The standard InChI is InChI=1S/C19H30ClN3O2.ClH/c1-12(2)10-18(24)22-14-6-7-16(20)15(11-14)19(25)23(5)9-8-17(21)13(3)4;/h6-7,11-13,17H,8-10,21H2,1-5H3,(H,22,24);1H. The van der Waals surface area contributed by atoms with Crippen molar-refractivity contribution in [2.75, 3.05) is 18.9 Å². The predicted octanol–water partition coefficient (Wildman–Crippen LogP) is 4.19. The van der Waals surface area contributed by atoms with Crippen molar-refractivity contribution in [2.45, 2.75) is 46.6 Å². The molecule has 0 heterocycles. The SMILES string of the molecule is CC(C)CC(=O)Nc1ccc(Cl)c(C(=O)N(C)CCC(N)C(C)C)c1.Cl. The number of nitrogens with one attached hydrogen (secondary N) is 1. The van der Waals surface area contributed by atoms with Crippen LogP contribution in [0.3, 0.4) is 0 Å². The van der Waals surface area contributed by atoms with Crippen LogP contribution >= 0.6 is 24.0 Å². The van der Waals surface area contributed by atoms with E-state index in [2.05, 4.69) is 19.2 Å². The summed E-state index contributed by atoms with van der Waals surface area (Å²) in [5.41, 5.74) is 6.99. The van der Waals surface area contributed by atoms with E-state index in [4.69, 9.17) is 17.3 Å². The summed E-state index contributed by atoms with van der Waals surface area (Å²) in [6.45, 7) is 8.64. The highest BCUT2D eigenvalue weighted by molar-refractivity contribution is 6.34. The van der Waals surface area contributed by atoms with Crippen LogP contribution in [-0.4, -0.2) is 36.3 Å². The number of halogens is 2. The molecule has 1 unspecified atom stereocenters. The molecular formula is C19H31Cl2N3O2. The van der Waals surface area contributed by atoms with Gasteiger partial charge in [-0.25, -0.2) is 0 Å². The van der Waals surface area contributed by atoms with E-state index in [0.717, 1.165) is 6.42 Å². The first kappa shape index (κ1) is 24.7. The highest BCUT2D eigenvalue weighted by Crippen LogP contribution is 2.22. The lowest BCUT2D eigenvalue weighted by atomic mass is 10.0. The highest BCUT2D eigenvalue weighted by Gasteiger charge is 2.18. The molecule has 0 aliphatic carbocycles. The van der Waals surface area contributed by atoms with Crippen LogP contribution in [0.2, 0.25) is 5.02 Å². The molecular weight excluding hydrogens is 373 g/mol. The number of rotatable bonds is 8. The Morgan fingerprint density at radius 3 is 2.38 bits per heavy atom. The van der Waals surface area contributed by atoms with Crippen molar-refractivity contribution in [1.82, 2.24) is 4.90 Å². The summed E-state index contributed by atoms with van der Waals surface area (Å²) >= 11 is 6.18. The molecule has 2 amide bonds. The quantitative estimate of drug-likeness (QED) is 0.682. The molecule has 1 aromatic rings. The van der Waals surface area contributed by atoms with E-state index in [1.54, 1.807) is 30.1 Å². The van der Waals surface area contributed by atoms with E-state index in [9.17, 15) is 9.59 Å². The third-order valence-electron chi connectivity index (χ3n) is 4.08. The first-order chi connectivity index (χ1) is 11.6. The van der Waals surface area contributed by atoms with Gasteiger partial charge in [0, 0.05) is 31.7 Å². The lowest BCUT2D eigenvalue weighted by Crippen LogP contribution is -2.34. The molecule has 5 nitrogen and oxygen atoms in total. The number of carbonyl (C=O) groups excluding carboxylic acids is 2. The van der Waals surface area contributed by atoms with Gasteiger partial charge in [0.25, 0.3) is 5.91 Å². The first-order valence-corrected chi connectivity index (χ1v) is 9.10. The Balaban J connectivity index is 0.00000625. The third-order valence-corrected chi connectivity index (χ3v) is 4.40. The largest absolute Gasteiger partial charge is 0.342 e. The number of hydrogen-bond donors (Lipinski definition) is 2. The van der Waals surface area contributed by atoms with Gasteiger partial charge in [-0.05, 0) is 36.5 Å². The van der Waals surface area contributed by atoms with E-state index in [0.29, 0.717) is 35.2 Å². The van der Waals surface area contributed by atoms with Gasteiger partial charge in [0.15, 0.2) is 0 Å². The zero-order valence-electron chi connectivity index (χ0n) is 16.2. The Hall–Kier alpha value is -1.30. The number of carbonyl (C=O) groups is 2. The van der Waals surface area contributed by atoms with Crippen molar-refractivity contribution < 1.29 is 9.59 Å². The maximum absolute atomic E-state index is 12.7. The van der Waals surface area contributed by atoms with Crippen LogP contribution in [0.15, 0.2) is 18.2 Å². The van der Waals surface area contributed by atoms with Crippen molar-refractivity contribution in [3.63, 3.8) is 0 Å². The number of nitrogens with two attached hydrogens (primary N) is 1. The molecule has 0 saturated carbocycles. The molecule has 3 N–H and O–H groups in total. The van der Waals surface area contributed by atoms with Gasteiger partial charge in [0.1, 0.15) is 0 Å². The minimum absolute atomic E-state index is 0. The Morgan fingerprint density at radius 1 is 1.23 bits per heavy atom. The van der Waals surface area contributed by atoms with E-state index >= 15 is 0 Å². The Kier molecular flexibility index (Phi) is 10.8. The zero-order chi connectivity index (χ0) is 19.1. The second-order valence-corrected chi connectivity index (χ2v) is 7.67. The molecule has 0 aromatic heterocycles. The Labute approximate surface area is 168 Å². The Morgan fingerprint density at radius 2 is 1.85 bits per heavy atom. The fourth-order valence-electron chi connectivity index (χ4n) is 2.33. The lowest BCUT2D eigenvalue weighted by molar-refractivity contribution is -0.116.